The van der Waals surface area contributed by atoms with Crippen LogP contribution in [0.4, 0.5) is 13.2 Å². The number of rotatable bonds is 6. The second kappa shape index (κ2) is 5.66. The van der Waals surface area contributed by atoms with E-state index in [9.17, 15) is 18.0 Å². The normalized spacial score (nSPS) is 13.2. The van der Waals surface area contributed by atoms with E-state index in [0.717, 1.165) is 0 Å². The number of nitrogens with zero attached hydrogens (tertiary/aromatic N) is 1. The Morgan fingerprint density at radius 1 is 1.12 bits per heavy atom. The van der Waals surface area contributed by atoms with Crippen LogP contribution < -0.4 is 0 Å². The number of hydrogen-bond acceptors (Lipinski definition) is 2. The van der Waals surface area contributed by atoms with Crippen LogP contribution in [0.3, 0.4) is 0 Å². The number of hydrogen-bond donors (Lipinski definition) is 0. The van der Waals surface area contributed by atoms with Crippen molar-refractivity contribution in [1.82, 2.24) is 4.90 Å². The zero-order chi connectivity index (χ0) is 13.0. The lowest BCUT2D eigenvalue weighted by Gasteiger charge is -2.37. The third-order valence-electron chi connectivity index (χ3n) is 3.18. The molecule has 0 bridgehead atoms. The fourth-order valence-electron chi connectivity index (χ4n) is 2.01. The molecule has 0 aromatic carbocycles. The Kier molecular flexibility index (Phi) is 5.46. The van der Waals surface area contributed by atoms with Gasteiger partial charge in [0.1, 0.15) is 0 Å². The SMILES string of the molecule is CCC(CC)(C(=O)CCC(F)(F)F)N(C)C. The molecule has 16 heavy (non-hydrogen) atoms. The molecule has 2 nitrogen and oxygen atoms in total. The van der Waals surface area contributed by atoms with E-state index < -0.39 is 24.6 Å². The van der Waals surface area contributed by atoms with Gasteiger partial charge in [0.25, 0.3) is 0 Å². The highest BCUT2D eigenvalue weighted by Gasteiger charge is 2.38. The van der Waals surface area contributed by atoms with Crippen molar-refractivity contribution >= 4 is 5.78 Å². The van der Waals surface area contributed by atoms with Crippen molar-refractivity contribution in [2.75, 3.05) is 14.1 Å². The Bertz CT molecular complexity index is 232. The summed E-state index contributed by atoms with van der Waals surface area (Å²) in [5.74, 6) is -0.320. The molecule has 0 aromatic rings. The standard InChI is InChI=1S/C11H20F3NO/c1-5-10(6-2,15(3)4)9(16)7-8-11(12,13)14/h5-8H2,1-4H3. The van der Waals surface area contributed by atoms with Crippen molar-refractivity contribution in [2.45, 2.75) is 51.2 Å². The molecule has 0 radical (unpaired) electrons. The van der Waals surface area contributed by atoms with Gasteiger partial charge in [-0.2, -0.15) is 13.2 Å². The van der Waals surface area contributed by atoms with E-state index in [1.54, 1.807) is 19.0 Å². The zero-order valence-electron chi connectivity index (χ0n) is 10.3. The van der Waals surface area contributed by atoms with Gasteiger partial charge in [0.15, 0.2) is 5.78 Å². The van der Waals surface area contributed by atoms with Gasteiger partial charge in [-0.25, -0.2) is 0 Å². The molecule has 0 N–H and O–H groups in total. The molecule has 0 spiro atoms. The molecule has 0 amide bonds. The molecular formula is C11H20F3NO. The lowest BCUT2D eigenvalue weighted by atomic mass is 9.84. The summed E-state index contributed by atoms with van der Waals surface area (Å²) < 4.78 is 36.1. The van der Waals surface area contributed by atoms with Gasteiger partial charge in [0, 0.05) is 6.42 Å². The van der Waals surface area contributed by atoms with E-state index in [2.05, 4.69) is 0 Å². The monoisotopic (exact) mass is 239 g/mol. The van der Waals surface area contributed by atoms with Gasteiger partial charge in [-0.1, -0.05) is 13.8 Å². The second-order valence-electron chi connectivity index (χ2n) is 4.17. The van der Waals surface area contributed by atoms with Crippen LogP contribution in [0.15, 0.2) is 0 Å². The van der Waals surface area contributed by atoms with Crippen LogP contribution in [-0.2, 0) is 4.79 Å². The predicted octanol–water partition coefficient (Wildman–Crippen LogP) is 3.02. The largest absolute Gasteiger partial charge is 0.389 e. The fraction of sp³-hybridized carbons (Fsp3) is 0.909. The number of Topliss-reactive ketones (excluding diaryl/α,β-unsaturated/α-hetero) is 1. The van der Waals surface area contributed by atoms with Crippen molar-refractivity contribution in [3.05, 3.63) is 0 Å². The number of carbonyl (C=O) groups is 1. The molecule has 0 atom stereocenters. The average molecular weight is 239 g/mol. The number of alkyl halides is 3. The molecule has 96 valence electrons. The van der Waals surface area contributed by atoms with Gasteiger partial charge in [-0.3, -0.25) is 9.69 Å². The van der Waals surface area contributed by atoms with Crippen LogP contribution in [0.5, 0.6) is 0 Å². The first-order valence-electron chi connectivity index (χ1n) is 5.47. The molecule has 0 unspecified atom stereocenters. The van der Waals surface area contributed by atoms with Crippen LogP contribution in [0.25, 0.3) is 0 Å². The van der Waals surface area contributed by atoms with E-state index in [1.807, 2.05) is 13.8 Å². The Morgan fingerprint density at radius 3 is 1.81 bits per heavy atom. The van der Waals surface area contributed by atoms with Gasteiger partial charge in [-0.05, 0) is 26.9 Å². The highest BCUT2D eigenvalue weighted by atomic mass is 19.4. The first-order chi connectivity index (χ1) is 7.19. The maximum absolute atomic E-state index is 12.0. The first-order valence-corrected chi connectivity index (χ1v) is 5.47. The summed E-state index contributed by atoms with van der Waals surface area (Å²) in [5.41, 5.74) is -0.745. The minimum atomic E-state index is -4.25. The summed E-state index contributed by atoms with van der Waals surface area (Å²) in [6.45, 7) is 3.66. The average Bonchev–Trinajstić information content (AvgIpc) is 2.16. The lowest BCUT2D eigenvalue weighted by molar-refractivity contribution is -0.148. The van der Waals surface area contributed by atoms with E-state index in [-0.39, 0.29) is 5.78 Å². The lowest BCUT2D eigenvalue weighted by Crippen LogP contribution is -2.50. The van der Waals surface area contributed by atoms with E-state index in [4.69, 9.17) is 0 Å². The van der Waals surface area contributed by atoms with Gasteiger partial charge in [0.2, 0.25) is 0 Å². The molecular weight excluding hydrogens is 219 g/mol. The van der Waals surface area contributed by atoms with Crippen molar-refractivity contribution in [1.29, 1.82) is 0 Å². The Balaban J connectivity index is 4.64. The Morgan fingerprint density at radius 2 is 1.56 bits per heavy atom. The van der Waals surface area contributed by atoms with Crippen molar-refractivity contribution in [3.63, 3.8) is 0 Å². The molecule has 5 heteroatoms. The second-order valence-corrected chi connectivity index (χ2v) is 4.17. The van der Waals surface area contributed by atoms with Crippen LogP contribution >= 0.6 is 0 Å². The summed E-state index contributed by atoms with van der Waals surface area (Å²) >= 11 is 0. The maximum Gasteiger partial charge on any atom is 0.389 e. The summed E-state index contributed by atoms with van der Waals surface area (Å²) in [6, 6.07) is 0. The molecule has 0 heterocycles. The summed E-state index contributed by atoms with van der Waals surface area (Å²) in [4.78, 5) is 13.6. The molecule has 0 saturated carbocycles. The highest BCUT2D eigenvalue weighted by molar-refractivity contribution is 5.88. The quantitative estimate of drug-likeness (QED) is 0.710. The molecule has 0 aliphatic carbocycles. The topological polar surface area (TPSA) is 20.3 Å². The minimum absolute atomic E-state index is 0.320. The van der Waals surface area contributed by atoms with Gasteiger partial charge >= 0.3 is 6.18 Å². The zero-order valence-corrected chi connectivity index (χ0v) is 10.3. The van der Waals surface area contributed by atoms with Crippen molar-refractivity contribution < 1.29 is 18.0 Å². The Hall–Kier alpha value is -0.580. The summed E-state index contributed by atoms with van der Waals surface area (Å²) in [6.07, 6.45) is -4.64. The molecule has 0 saturated heterocycles. The number of carbonyl (C=O) groups excluding carboxylic acids is 1. The molecule has 0 rings (SSSR count). The van der Waals surface area contributed by atoms with Crippen LogP contribution in [0, 0.1) is 0 Å². The fourth-order valence-corrected chi connectivity index (χ4v) is 2.01. The number of likely N-dealkylation sites (N-methyl/N-ethyl adjacent to an activating group) is 1. The van der Waals surface area contributed by atoms with E-state index in [0.29, 0.717) is 12.8 Å². The minimum Gasteiger partial charge on any atom is -0.298 e. The van der Waals surface area contributed by atoms with Crippen molar-refractivity contribution in [2.24, 2.45) is 0 Å². The van der Waals surface area contributed by atoms with Crippen molar-refractivity contribution in [3.8, 4) is 0 Å². The molecule has 0 aliphatic heterocycles. The third kappa shape index (κ3) is 3.77. The smallest absolute Gasteiger partial charge is 0.298 e. The Labute approximate surface area is 94.8 Å². The number of halogens is 3. The third-order valence-corrected chi connectivity index (χ3v) is 3.18. The molecule has 0 fully saturated rings. The van der Waals surface area contributed by atoms with Crippen LogP contribution in [-0.4, -0.2) is 36.5 Å². The number of ketones is 1. The van der Waals surface area contributed by atoms with Gasteiger partial charge < -0.3 is 0 Å². The maximum atomic E-state index is 12.0. The summed E-state index contributed by atoms with van der Waals surface area (Å²) in [5, 5.41) is 0. The first kappa shape index (κ1) is 15.4. The van der Waals surface area contributed by atoms with Crippen LogP contribution in [0.1, 0.15) is 39.5 Å². The van der Waals surface area contributed by atoms with Gasteiger partial charge in [-0.15, -0.1) is 0 Å². The summed E-state index contributed by atoms with van der Waals surface area (Å²) in [7, 11) is 3.47. The molecule has 0 aromatic heterocycles. The highest BCUT2D eigenvalue weighted by Crippen LogP contribution is 2.28. The van der Waals surface area contributed by atoms with Crippen LogP contribution in [0.2, 0.25) is 0 Å². The van der Waals surface area contributed by atoms with Gasteiger partial charge in [0.05, 0.1) is 12.0 Å². The molecule has 0 aliphatic rings. The van der Waals surface area contributed by atoms with E-state index >= 15 is 0 Å². The predicted molar refractivity (Wildman–Crippen MR) is 57.3 cm³/mol. The van der Waals surface area contributed by atoms with E-state index in [1.165, 1.54) is 0 Å².